The Hall–Kier alpha value is -5.22. The van der Waals surface area contributed by atoms with E-state index in [0.717, 1.165) is 30.5 Å². The minimum Gasteiger partial charge on any atom is -0.468 e. The van der Waals surface area contributed by atoms with Gasteiger partial charge in [0, 0.05) is 39.4 Å². The van der Waals surface area contributed by atoms with E-state index in [1.807, 2.05) is 0 Å². The van der Waals surface area contributed by atoms with Gasteiger partial charge in [0.25, 0.3) is 6.71 Å². The molecule has 378 valence electrons. The summed E-state index contributed by atoms with van der Waals surface area (Å²) in [7, 11) is 0. The molecule has 0 saturated heterocycles. The first-order chi connectivity index (χ1) is 34.0. The highest BCUT2D eigenvalue weighted by Crippen LogP contribution is 2.60. The van der Waals surface area contributed by atoms with Crippen molar-refractivity contribution in [1.82, 2.24) is 0 Å². The SMILES string of the molecule is Cc1cc2c3c(c1)N(c1ccc4c(c1)C(C)(C)CCC4(C)C)c1c(oc4ccc(C(C)(C)C)cc14)B3c1cc3c(cc1N2C1=CC2C(C=C1c1c(C)cccc1C)C(C)(C)CCC2(C)C)C(C)(C)CCC3(C)C. The Morgan fingerprint density at radius 1 is 0.548 bits per heavy atom. The number of nitrogens with zero attached hydrogens (tertiary/aromatic N) is 2. The maximum absolute atomic E-state index is 7.61. The summed E-state index contributed by atoms with van der Waals surface area (Å²) in [6.45, 7) is 43.9. The first-order valence-electron chi connectivity index (χ1n) is 28.2. The van der Waals surface area contributed by atoms with Crippen LogP contribution in [0.1, 0.15) is 192 Å². The van der Waals surface area contributed by atoms with Crippen LogP contribution < -0.4 is 26.4 Å². The molecule has 1 fully saturated rings. The van der Waals surface area contributed by atoms with Crippen LogP contribution in [-0.2, 0) is 27.1 Å². The number of allylic oxidation sites excluding steroid dienone is 3. The average Bonchev–Trinajstić information content (AvgIpc) is 3.68. The third kappa shape index (κ3) is 7.17. The highest BCUT2D eigenvalue weighted by Gasteiger charge is 2.53. The molecule has 3 nitrogen and oxygen atoms in total. The highest BCUT2D eigenvalue weighted by atomic mass is 16.3. The zero-order valence-electron chi connectivity index (χ0n) is 47.9. The number of anilines is 5. The minimum atomic E-state index is -0.123. The Balaban J connectivity index is 1.23. The second-order valence-electron chi connectivity index (χ2n) is 29.2. The third-order valence-corrected chi connectivity index (χ3v) is 20.3. The molecule has 6 aromatic rings. The lowest BCUT2D eigenvalue weighted by atomic mass is 9.35. The maximum Gasteiger partial charge on any atom is 0.297 e. The topological polar surface area (TPSA) is 19.6 Å². The maximum atomic E-state index is 7.61. The van der Waals surface area contributed by atoms with Crippen LogP contribution in [0.15, 0.2) is 101 Å². The van der Waals surface area contributed by atoms with Gasteiger partial charge in [-0.05, 0) is 212 Å². The largest absolute Gasteiger partial charge is 0.468 e. The fourth-order valence-electron chi connectivity index (χ4n) is 15.2. The summed E-state index contributed by atoms with van der Waals surface area (Å²) in [4.78, 5) is 5.45. The van der Waals surface area contributed by atoms with Crippen molar-refractivity contribution in [3.63, 3.8) is 0 Å². The molecular weight excluding hydrogens is 884 g/mol. The summed E-state index contributed by atoms with van der Waals surface area (Å²) in [5, 5.41) is 1.19. The average molecular weight is 967 g/mol. The first kappa shape index (κ1) is 48.7. The summed E-state index contributed by atoms with van der Waals surface area (Å²) >= 11 is 0. The van der Waals surface area contributed by atoms with Crippen LogP contribution in [0.2, 0.25) is 0 Å². The number of hydrogen-bond acceptors (Lipinski definition) is 3. The van der Waals surface area contributed by atoms with Crippen LogP contribution in [0.3, 0.4) is 0 Å². The molecule has 1 aromatic heterocycles. The van der Waals surface area contributed by atoms with Crippen molar-refractivity contribution >= 4 is 68.3 Å². The number of aryl methyl sites for hydroxylation is 3. The van der Waals surface area contributed by atoms with Gasteiger partial charge in [-0.1, -0.05) is 152 Å². The summed E-state index contributed by atoms with van der Waals surface area (Å²) in [6.07, 6.45) is 12.7. The van der Waals surface area contributed by atoms with Crippen LogP contribution in [0.25, 0.3) is 16.5 Å². The van der Waals surface area contributed by atoms with E-state index in [1.54, 1.807) is 0 Å². The van der Waals surface area contributed by atoms with Gasteiger partial charge >= 0.3 is 0 Å². The van der Waals surface area contributed by atoms with Crippen molar-refractivity contribution in [2.75, 3.05) is 9.80 Å². The molecule has 2 aliphatic heterocycles. The molecule has 4 heteroatoms. The van der Waals surface area contributed by atoms with E-state index in [0.29, 0.717) is 11.8 Å². The van der Waals surface area contributed by atoms with Gasteiger partial charge < -0.3 is 14.2 Å². The predicted molar refractivity (Wildman–Crippen MR) is 314 cm³/mol. The Kier molecular flexibility index (Phi) is 10.3. The van der Waals surface area contributed by atoms with Crippen LogP contribution in [0.5, 0.6) is 0 Å². The lowest BCUT2D eigenvalue weighted by Gasteiger charge is -2.53. The van der Waals surface area contributed by atoms with Crippen molar-refractivity contribution in [3.05, 3.63) is 147 Å². The Morgan fingerprint density at radius 3 is 1.70 bits per heavy atom. The van der Waals surface area contributed by atoms with Gasteiger partial charge in [0.2, 0.25) is 0 Å². The van der Waals surface area contributed by atoms with Gasteiger partial charge in [-0.2, -0.15) is 0 Å². The van der Waals surface area contributed by atoms with E-state index in [9.17, 15) is 0 Å². The van der Waals surface area contributed by atoms with E-state index in [-0.39, 0.29) is 44.6 Å². The monoisotopic (exact) mass is 967 g/mol. The molecule has 6 aliphatic rings. The molecule has 5 aromatic carbocycles. The summed E-state index contributed by atoms with van der Waals surface area (Å²) in [5.74, 6) is 0.776. The van der Waals surface area contributed by atoms with Gasteiger partial charge in [0.15, 0.2) is 0 Å². The van der Waals surface area contributed by atoms with Crippen LogP contribution >= 0.6 is 0 Å². The number of fused-ring (bicyclic) bond motifs is 9. The van der Waals surface area contributed by atoms with E-state index in [2.05, 4.69) is 225 Å². The molecule has 12 rings (SSSR count). The lowest BCUT2D eigenvalue weighted by molar-refractivity contribution is 0.0332. The second kappa shape index (κ2) is 15.4. The Morgan fingerprint density at radius 2 is 1.10 bits per heavy atom. The van der Waals surface area contributed by atoms with E-state index >= 15 is 0 Å². The number of hydrogen-bond donors (Lipinski definition) is 0. The molecular formula is C69H83BN2O. The lowest BCUT2D eigenvalue weighted by Crippen LogP contribution is -2.62. The molecule has 73 heavy (non-hydrogen) atoms. The molecule has 4 aliphatic carbocycles. The Bertz CT molecular complexity index is 3390. The predicted octanol–water partition coefficient (Wildman–Crippen LogP) is 17.2. The molecule has 0 spiro atoms. The number of benzene rings is 5. The molecule has 3 heterocycles. The third-order valence-electron chi connectivity index (χ3n) is 20.3. The molecule has 0 radical (unpaired) electrons. The van der Waals surface area contributed by atoms with Crippen molar-refractivity contribution in [2.45, 2.75) is 190 Å². The number of furan rings is 1. The van der Waals surface area contributed by atoms with Crippen LogP contribution in [0.4, 0.5) is 28.4 Å². The van der Waals surface area contributed by atoms with Crippen molar-refractivity contribution in [3.8, 4) is 0 Å². The molecule has 0 amide bonds. The molecule has 2 unspecified atom stereocenters. The zero-order chi connectivity index (χ0) is 52.1. The molecule has 0 N–H and O–H groups in total. The molecule has 0 bridgehead atoms. The fourth-order valence-corrected chi connectivity index (χ4v) is 15.2. The Labute approximate surface area is 440 Å². The molecule has 2 atom stereocenters. The van der Waals surface area contributed by atoms with E-state index < -0.39 is 0 Å². The minimum absolute atomic E-state index is 0.0161. The molecule has 1 saturated carbocycles. The van der Waals surface area contributed by atoms with Crippen LogP contribution in [-0.4, -0.2) is 6.71 Å². The summed E-state index contributed by atoms with van der Waals surface area (Å²) in [5.41, 5.74) is 26.7. The van der Waals surface area contributed by atoms with Gasteiger partial charge in [0.1, 0.15) is 5.58 Å². The van der Waals surface area contributed by atoms with E-state index in [1.165, 1.54) is 125 Å². The standard InChI is InChI=1S/C69H83BN2O/c1-40-32-56-60-57(33-40)72(54-38-51-49(66(11,12)28-30-68(51,15)16)36-45(54)59-41(2)20-19-21-42(59)3)55-39-52-50(67(13,14)29-31-69(52,17)18)37-53(55)70(60)62-61(46-34-43(63(4,5)6)22-25-58(46)73-62)71(56)44-23-24-47-48(35-44)65(9,10)27-26-64(47,7)8/h19-25,32-39,49,51H,26-31H2,1-18H3. The highest BCUT2D eigenvalue weighted by molar-refractivity contribution is 7.00. The van der Waals surface area contributed by atoms with Crippen LogP contribution in [0, 0.1) is 43.4 Å². The van der Waals surface area contributed by atoms with Gasteiger partial charge in [-0.15, -0.1) is 0 Å². The van der Waals surface area contributed by atoms with Crippen molar-refractivity contribution < 1.29 is 4.42 Å². The second-order valence-corrected chi connectivity index (χ2v) is 29.2. The summed E-state index contributed by atoms with van der Waals surface area (Å²) in [6, 6.07) is 31.9. The smallest absolute Gasteiger partial charge is 0.297 e. The fraction of sp³-hybridized carbons (Fsp3) is 0.478. The van der Waals surface area contributed by atoms with Gasteiger partial charge in [0.05, 0.1) is 11.3 Å². The first-order valence-corrected chi connectivity index (χ1v) is 28.2. The van der Waals surface area contributed by atoms with Crippen molar-refractivity contribution in [2.24, 2.45) is 22.7 Å². The summed E-state index contributed by atoms with van der Waals surface area (Å²) < 4.78 is 7.61. The zero-order valence-corrected chi connectivity index (χ0v) is 47.9. The number of rotatable bonds is 3. The van der Waals surface area contributed by atoms with Gasteiger partial charge in [-0.3, -0.25) is 0 Å². The van der Waals surface area contributed by atoms with E-state index in [4.69, 9.17) is 4.42 Å². The van der Waals surface area contributed by atoms with Gasteiger partial charge in [-0.25, -0.2) is 0 Å². The van der Waals surface area contributed by atoms with Crippen molar-refractivity contribution in [1.29, 1.82) is 0 Å². The normalized spacial score (nSPS) is 23.3. The quantitative estimate of drug-likeness (QED) is 0.165.